The van der Waals surface area contributed by atoms with Crippen LogP contribution in [-0.4, -0.2) is 42.1 Å². The van der Waals surface area contributed by atoms with Crippen LogP contribution in [0.3, 0.4) is 0 Å². The van der Waals surface area contributed by atoms with Gasteiger partial charge in [0.2, 0.25) is 0 Å². The van der Waals surface area contributed by atoms with Crippen molar-refractivity contribution >= 4 is 39.8 Å². The second-order valence-electron chi connectivity index (χ2n) is 7.79. The van der Waals surface area contributed by atoms with Crippen molar-refractivity contribution in [3.63, 3.8) is 0 Å². The summed E-state index contributed by atoms with van der Waals surface area (Å²) in [7, 11) is 0. The first-order valence-electron chi connectivity index (χ1n) is 11.0. The standard InChI is InChI=1S/C25H28ClN3O2/c1-3-29(4-2)14-15-31-25(30)17-8-11-19(12-9-17)27-24-20-6-5-7-22(20)28-23-13-10-18(26)16-21(23)24/h8-13,16H,3-7,14-15H2,1-2H3,(H,27,28). The molecule has 1 aliphatic carbocycles. The number of likely N-dealkylation sites (N-methyl/N-ethyl adjacent to an activating group) is 1. The van der Waals surface area contributed by atoms with Crippen molar-refractivity contribution < 1.29 is 9.53 Å². The van der Waals surface area contributed by atoms with Gasteiger partial charge >= 0.3 is 5.97 Å². The Hall–Kier alpha value is -2.63. The summed E-state index contributed by atoms with van der Waals surface area (Å²) in [6.07, 6.45) is 3.12. The molecule has 0 amide bonds. The summed E-state index contributed by atoms with van der Waals surface area (Å²) in [4.78, 5) is 19.4. The Balaban J connectivity index is 1.50. The van der Waals surface area contributed by atoms with Gasteiger partial charge in [-0.1, -0.05) is 25.4 Å². The Labute approximate surface area is 188 Å². The fraction of sp³-hybridized carbons (Fsp3) is 0.360. The third kappa shape index (κ3) is 4.83. The second kappa shape index (κ2) is 9.67. The molecule has 0 saturated heterocycles. The molecule has 0 spiro atoms. The van der Waals surface area contributed by atoms with Crippen LogP contribution in [0, 0.1) is 0 Å². The fourth-order valence-corrected chi connectivity index (χ4v) is 4.27. The van der Waals surface area contributed by atoms with Gasteiger partial charge in [0, 0.05) is 28.3 Å². The Morgan fingerprint density at radius 3 is 2.65 bits per heavy atom. The molecule has 0 fully saturated rings. The van der Waals surface area contributed by atoms with E-state index in [0.717, 1.165) is 66.9 Å². The van der Waals surface area contributed by atoms with E-state index >= 15 is 0 Å². The van der Waals surface area contributed by atoms with Crippen LogP contribution in [0.25, 0.3) is 10.9 Å². The van der Waals surface area contributed by atoms with E-state index in [1.807, 2.05) is 30.3 Å². The topological polar surface area (TPSA) is 54.5 Å². The molecule has 3 aromatic rings. The lowest BCUT2D eigenvalue weighted by Gasteiger charge is -2.17. The number of ether oxygens (including phenoxy) is 1. The van der Waals surface area contributed by atoms with Gasteiger partial charge in [0.15, 0.2) is 0 Å². The summed E-state index contributed by atoms with van der Waals surface area (Å²) >= 11 is 6.27. The van der Waals surface area contributed by atoms with E-state index in [2.05, 4.69) is 24.1 Å². The lowest BCUT2D eigenvalue weighted by Crippen LogP contribution is -2.27. The SMILES string of the molecule is CCN(CC)CCOC(=O)c1ccc(Nc2c3c(nc4ccc(Cl)cc24)CCC3)cc1. The quantitative estimate of drug-likeness (QED) is 0.463. The maximum absolute atomic E-state index is 12.4. The molecule has 4 rings (SSSR count). The number of nitrogens with one attached hydrogen (secondary N) is 1. The predicted octanol–water partition coefficient (Wildman–Crippen LogP) is 5.62. The highest BCUT2D eigenvalue weighted by molar-refractivity contribution is 6.31. The summed E-state index contributed by atoms with van der Waals surface area (Å²) < 4.78 is 5.43. The number of halogens is 1. The van der Waals surface area contributed by atoms with Crippen molar-refractivity contribution in [2.24, 2.45) is 0 Å². The molecule has 162 valence electrons. The van der Waals surface area contributed by atoms with E-state index < -0.39 is 0 Å². The number of carbonyl (C=O) groups excluding carboxylic acids is 1. The van der Waals surface area contributed by atoms with Crippen LogP contribution in [-0.2, 0) is 17.6 Å². The molecule has 0 unspecified atom stereocenters. The normalized spacial score (nSPS) is 12.9. The molecule has 1 aromatic heterocycles. The summed E-state index contributed by atoms with van der Waals surface area (Å²) in [5, 5.41) is 5.27. The smallest absolute Gasteiger partial charge is 0.338 e. The van der Waals surface area contributed by atoms with Gasteiger partial charge in [-0.15, -0.1) is 0 Å². The molecule has 5 nitrogen and oxygen atoms in total. The molecular formula is C25H28ClN3O2. The number of anilines is 2. The van der Waals surface area contributed by atoms with Gasteiger partial charge in [-0.05, 0) is 80.4 Å². The Kier molecular flexibility index (Phi) is 6.73. The average molecular weight is 438 g/mol. The Morgan fingerprint density at radius 1 is 1.13 bits per heavy atom. The van der Waals surface area contributed by atoms with Crippen LogP contribution in [0.2, 0.25) is 5.02 Å². The fourth-order valence-electron chi connectivity index (χ4n) is 4.10. The number of esters is 1. The molecule has 1 aliphatic rings. The monoisotopic (exact) mass is 437 g/mol. The third-order valence-corrected chi connectivity index (χ3v) is 6.13. The number of aromatic nitrogens is 1. The van der Waals surface area contributed by atoms with Gasteiger partial charge in [-0.3, -0.25) is 4.98 Å². The van der Waals surface area contributed by atoms with Crippen molar-refractivity contribution in [1.29, 1.82) is 0 Å². The first-order chi connectivity index (χ1) is 15.1. The van der Waals surface area contributed by atoms with E-state index in [0.29, 0.717) is 17.2 Å². The highest BCUT2D eigenvalue weighted by atomic mass is 35.5. The zero-order valence-electron chi connectivity index (χ0n) is 18.1. The number of benzene rings is 2. The number of fused-ring (bicyclic) bond motifs is 2. The van der Waals surface area contributed by atoms with Crippen LogP contribution >= 0.6 is 11.6 Å². The largest absolute Gasteiger partial charge is 0.461 e. The minimum Gasteiger partial charge on any atom is -0.461 e. The lowest BCUT2D eigenvalue weighted by molar-refractivity contribution is 0.0466. The van der Waals surface area contributed by atoms with Gasteiger partial charge in [0.25, 0.3) is 0 Å². The van der Waals surface area contributed by atoms with E-state index in [9.17, 15) is 4.79 Å². The van der Waals surface area contributed by atoms with Crippen LogP contribution in [0.5, 0.6) is 0 Å². The summed E-state index contributed by atoms with van der Waals surface area (Å²) in [5.74, 6) is -0.291. The van der Waals surface area contributed by atoms with Crippen molar-refractivity contribution in [1.82, 2.24) is 9.88 Å². The molecule has 1 N–H and O–H groups in total. The molecule has 6 heteroatoms. The van der Waals surface area contributed by atoms with Crippen LogP contribution in [0.15, 0.2) is 42.5 Å². The minimum atomic E-state index is -0.291. The van der Waals surface area contributed by atoms with Crippen LogP contribution < -0.4 is 5.32 Å². The number of carbonyl (C=O) groups is 1. The molecule has 0 bridgehead atoms. The molecular weight excluding hydrogens is 410 g/mol. The maximum Gasteiger partial charge on any atom is 0.338 e. The molecule has 31 heavy (non-hydrogen) atoms. The molecule has 0 atom stereocenters. The zero-order valence-corrected chi connectivity index (χ0v) is 18.8. The number of aryl methyl sites for hydroxylation is 1. The number of hydrogen-bond acceptors (Lipinski definition) is 5. The van der Waals surface area contributed by atoms with Gasteiger partial charge in [0.05, 0.1) is 16.8 Å². The van der Waals surface area contributed by atoms with Crippen molar-refractivity contribution in [2.45, 2.75) is 33.1 Å². The summed E-state index contributed by atoms with van der Waals surface area (Å²) in [5.41, 5.74) is 5.90. The molecule has 0 aliphatic heterocycles. The first kappa shape index (κ1) is 21.6. The van der Waals surface area contributed by atoms with Crippen molar-refractivity contribution in [3.8, 4) is 0 Å². The summed E-state index contributed by atoms with van der Waals surface area (Å²) in [6.45, 7) is 7.26. The van der Waals surface area contributed by atoms with Crippen molar-refractivity contribution in [3.05, 3.63) is 64.3 Å². The van der Waals surface area contributed by atoms with E-state index in [1.165, 1.54) is 5.56 Å². The van der Waals surface area contributed by atoms with Gasteiger partial charge in [-0.2, -0.15) is 0 Å². The minimum absolute atomic E-state index is 0.291. The predicted molar refractivity (Wildman–Crippen MR) is 127 cm³/mol. The van der Waals surface area contributed by atoms with E-state index in [-0.39, 0.29) is 5.97 Å². The van der Waals surface area contributed by atoms with Crippen LogP contribution in [0.1, 0.15) is 41.9 Å². The Morgan fingerprint density at radius 2 is 1.90 bits per heavy atom. The Bertz CT molecular complexity index is 1080. The average Bonchev–Trinajstić information content (AvgIpc) is 3.26. The van der Waals surface area contributed by atoms with Crippen LogP contribution in [0.4, 0.5) is 11.4 Å². The van der Waals surface area contributed by atoms with Gasteiger partial charge in [-0.25, -0.2) is 4.79 Å². The zero-order chi connectivity index (χ0) is 21.8. The number of rotatable bonds is 8. The second-order valence-corrected chi connectivity index (χ2v) is 8.23. The summed E-state index contributed by atoms with van der Waals surface area (Å²) in [6, 6.07) is 13.3. The number of nitrogens with zero attached hydrogens (tertiary/aromatic N) is 2. The molecule has 2 aromatic carbocycles. The van der Waals surface area contributed by atoms with Gasteiger partial charge in [0.1, 0.15) is 6.61 Å². The molecule has 1 heterocycles. The van der Waals surface area contributed by atoms with Crippen molar-refractivity contribution in [2.75, 3.05) is 31.6 Å². The van der Waals surface area contributed by atoms with E-state index in [1.54, 1.807) is 12.1 Å². The highest BCUT2D eigenvalue weighted by Crippen LogP contribution is 2.37. The highest BCUT2D eigenvalue weighted by Gasteiger charge is 2.20. The molecule has 0 saturated carbocycles. The van der Waals surface area contributed by atoms with Gasteiger partial charge < -0.3 is 15.0 Å². The molecule has 0 radical (unpaired) electrons. The van der Waals surface area contributed by atoms with E-state index in [4.69, 9.17) is 21.3 Å². The lowest BCUT2D eigenvalue weighted by atomic mass is 10.1. The number of hydrogen-bond donors (Lipinski definition) is 1. The maximum atomic E-state index is 12.4. The first-order valence-corrected chi connectivity index (χ1v) is 11.3. The number of pyridine rings is 1. The third-order valence-electron chi connectivity index (χ3n) is 5.90.